The number of aromatic nitrogens is 2. The number of rotatable bonds is 2. The van der Waals surface area contributed by atoms with Gasteiger partial charge in [0.2, 0.25) is 0 Å². The first kappa shape index (κ1) is 10.2. The third-order valence-corrected chi connectivity index (χ3v) is 2.99. The van der Waals surface area contributed by atoms with Crippen molar-refractivity contribution in [1.29, 1.82) is 0 Å². The zero-order valence-electron chi connectivity index (χ0n) is 9.35. The fourth-order valence-electron chi connectivity index (χ4n) is 1.63. The molecule has 0 aliphatic heterocycles. The van der Waals surface area contributed by atoms with Crippen molar-refractivity contribution >= 4 is 33.1 Å². The number of fused-ring (bicyclic) bond motifs is 1. The molecule has 0 saturated carbocycles. The quantitative estimate of drug-likeness (QED) is 0.776. The molecule has 2 aromatic rings. The van der Waals surface area contributed by atoms with Crippen LogP contribution in [0.5, 0.6) is 0 Å². The molecule has 0 radical (unpaired) electrons. The van der Waals surface area contributed by atoms with Crippen molar-refractivity contribution in [3.63, 3.8) is 0 Å². The highest BCUT2D eigenvalue weighted by Gasteiger charge is 2.13. The average molecular weight is 222 g/mol. The Morgan fingerprint density at radius 3 is 2.40 bits per heavy atom. The minimum Gasteiger partial charge on any atom is -0.376 e. The summed E-state index contributed by atoms with van der Waals surface area (Å²) in [5.41, 5.74) is 3.28. The largest absolute Gasteiger partial charge is 0.376 e. The van der Waals surface area contributed by atoms with Gasteiger partial charge in [-0.15, -0.1) is 5.10 Å². The number of hydrogen-bond acceptors (Lipinski definition) is 5. The van der Waals surface area contributed by atoms with Gasteiger partial charge in [0.05, 0.1) is 16.1 Å². The Hall–Kier alpha value is -1.36. The Labute approximate surface area is 93.3 Å². The fraction of sp³-hybridized carbons (Fsp3) is 0.400. The first-order valence-electron chi connectivity index (χ1n) is 4.71. The van der Waals surface area contributed by atoms with E-state index in [4.69, 9.17) is 0 Å². The summed E-state index contributed by atoms with van der Waals surface area (Å²) >= 11 is 1.43. The van der Waals surface area contributed by atoms with Crippen molar-refractivity contribution in [2.45, 2.75) is 0 Å². The molecule has 4 nitrogen and oxygen atoms in total. The van der Waals surface area contributed by atoms with E-state index in [1.165, 1.54) is 17.2 Å². The summed E-state index contributed by atoms with van der Waals surface area (Å²) in [4.78, 5) is 4.17. The molecule has 0 unspecified atom stereocenters. The predicted octanol–water partition coefficient (Wildman–Crippen LogP) is 1.82. The fourth-order valence-corrected chi connectivity index (χ4v) is 2.19. The van der Waals surface area contributed by atoms with Gasteiger partial charge in [0.15, 0.2) is 0 Å². The normalized spacial score (nSPS) is 10.7. The maximum absolute atomic E-state index is 4.18. The van der Waals surface area contributed by atoms with E-state index in [9.17, 15) is 0 Å². The van der Waals surface area contributed by atoms with Crippen molar-refractivity contribution in [2.24, 2.45) is 0 Å². The first-order chi connectivity index (χ1) is 7.11. The predicted molar refractivity (Wildman–Crippen MR) is 66.1 cm³/mol. The molecule has 0 bridgehead atoms. The van der Waals surface area contributed by atoms with Crippen LogP contribution in [0.2, 0.25) is 0 Å². The van der Waals surface area contributed by atoms with E-state index >= 15 is 0 Å². The second kappa shape index (κ2) is 3.66. The van der Waals surface area contributed by atoms with Crippen molar-refractivity contribution in [1.82, 2.24) is 9.59 Å². The van der Waals surface area contributed by atoms with Gasteiger partial charge in [-0.2, -0.15) is 0 Å². The standard InChI is InChI=1S/C10H14N4S/c1-13(2)7-5-6-8-9(11-12-15-8)10(7)14(3)4/h5-6H,1-4H3. The van der Waals surface area contributed by atoms with Crippen LogP contribution >= 0.6 is 11.5 Å². The van der Waals surface area contributed by atoms with Crippen molar-refractivity contribution in [3.05, 3.63) is 12.1 Å². The van der Waals surface area contributed by atoms with Crippen molar-refractivity contribution < 1.29 is 0 Å². The average Bonchev–Trinajstić information content (AvgIpc) is 2.62. The van der Waals surface area contributed by atoms with Crippen LogP contribution in [0, 0.1) is 0 Å². The number of hydrogen-bond donors (Lipinski definition) is 0. The van der Waals surface area contributed by atoms with Crippen LogP contribution in [0.15, 0.2) is 12.1 Å². The van der Waals surface area contributed by atoms with Crippen molar-refractivity contribution in [2.75, 3.05) is 38.0 Å². The Balaban J connectivity index is 2.75. The van der Waals surface area contributed by atoms with Gasteiger partial charge in [-0.05, 0) is 23.7 Å². The SMILES string of the molecule is CN(C)c1ccc2snnc2c1N(C)C. The Morgan fingerprint density at radius 2 is 1.80 bits per heavy atom. The van der Waals surface area contributed by atoms with Gasteiger partial charge in [0.25, 0.3) is 0 Å². The van der Waals surface area contributed by atoms with E-state index in [-0.39, 0.29) is 0 Å². The van der Waals surface area contributed by atoms with E-state index in [2.05, 4.69) is 31.5 Å². The van der Waals surface area contributed by atoms with E-state index in [1.54, 1.807) is 0 Å². The molecular formula is C10H14N4S. The van der Waals surface area contributed by atoms with Gasteiger partial charge < -0.3 is 9.80 Å². The molecule has 0 fully saturated rings. The molecule has 1 aromatic heterocycles. The van der Waals surface area contributed by atoms with E-state index in [0.29, 0.717) is 0 Å². The molecule has 0 atom stereocenters. The zero-order valence-corrected chi connectivity index (χ0v) is 10.2. The van der Waals surface area contributed by atoms with Gasteiger partial charge in [-0.1, -0.05) is 4.49 Å². The van der Waals surface area contributed by atoms with Gasteiger partial charge in [-0.3, -0.25) is 0 Å². The molecule has 0 aliphatic carbocycles. The molecule has 1 heterocycles. The van der Waals surface area contributed by atoms with Crippen LogP contribution < -0.4 is 9.80 Å². The summed E-state index contributed by atoms with van der Waals surface area (Å²) in [5, 5.41) is 4.18. The summed E-state index contributed by atoms with van der Waals surface area (Å²) < 4.78 is 5.12. The second-order valence-corrected chi connectivity index (χ2v) is 4.63. The molecule has 2 rings (SSSR count). The van der Waals surface area contributed by atoms with Crippen LogP contribution in [0.4, 0.5) is 11.4 Å². The highest BCUT2D eigenvalue weighted by molar-refractivity contribution is 7.13. The summed E-state index contributed by atoms with van der Waals surface area (Å²) in [6.07, 6.45) is 0. The summed E-state index contributed by atoms with van der Waals surface area (Å²) in [7, 11) is 8.13. The number of nitrogens with zero attached hydrogens (tertiary/aromatic N) is 4. The highest BCUT2D eigenvalue weighted by Crippen LogP contribution is 2.34. The first-order valence-corrected chi connectivity index (χ1v) is 5.48. The number of benzene rings is 1. The van der Waals surface area contributed by atoms with Crippen molar-refractivity contribution in [3.8, 4) is 0 Å². The molecule has 15 heavy (non-hydrogen) atoms. The lowest BCUT2D eigenvalue weighted by Crippen LogP contribution is -2.17. The molecular weight excluding hydrogens is 208 g/mol. The van der Waals surface area contributed by atoms with E-state index < -0.39 is 0 Å². The van der Waals surface area contributed by atoms with Gasteiger partial charge >= 0.3 is 0 Å². The molecule has 5 heteroatoms. The maximum atomic E-state index is 4.18. The molecule has 0 spiro atoms. The third-order valence-electron chi connectivity index (χ3n) is 2.30. The Morgan fingerprint density at radius 1 is 1.07 bits per heavy atom. The third kappa shape index (κ3) is 1.63. The van der Waals surface area contributed by atoms with Gasteiger partial charge in [0, 0.05) is 28.2 Å². The smallest absolute Gasteiger partial charge is 0.131 e. The minimum atomic E-state index is 0.983. The monoisotopic (exact) mass is 222 g/mol. The van der Waals surface area contributed by atoms with Crippen LogP contribution in [0.25, 0.3) is 10.2 Å². The van der Waals surface area contributed by atoms with Crippen LogP contribution in [0.1, 0.15) is 0 Å². The Bertz CT molecular complexity index is 475. The summed E-state index contributed by atoms with van der Waals surface area (Å²) in [5.74, 6) is 0. The van der Waals surface area contributed by atoms with Gasteiger partial charge in [0.1, 0.15) is 5.52 Å². The molecule has 0 amide bonds. The highest BCUT2D eigenvalue weighted by atomic mass is 32.1. The lowest BCUT2D eigenvalue weighted by Gasteiger charge is -2.22. The lowest BCUT2D eigenvalue weighted by atomic mass is 10.2. The van der Waals surface area contributed by atoms with E-state index in [0.717, 1.165) is 15.9 Å². The Kier molecular flexibility index (Phi) is 2.48. The molecule has 80 valence electrons. The summed E-state index contributed by atoms with van der Waals surface area (Å²) in [6, 6.07) is 4.18. The van der Waals surface area contributed by atoms with Crippen LogP contribution in [-0.2, 0) is 0 Å². The second-order valence-electron chi connectivity index (χ2n) is 3.84. The topological polar surface area (TPSA) is 32.3 Å². The lowest BCUT2D eigenvalue weighted by molar-refractivity contribution is 1.07. The summed E-state index contributed by atoms with van der Waals surface area (Å²) in [6.45, 7) is 0. The van der Waals surface area contributed by atoms with Crippen LogP contribution in [0.3, 0.4) is 0 Å². The molecule has 1 aromatic carbocycles. The molecule has 0 N–H and O–H groups in total. The minimum absolute atomic E-state index is 0.983. The molecule has 0 aliphatic rings. The number of anilines is 2. The maximum Gasteiger partial charge on any atom is 0.131 e. The zero-order chi connectivity index (χ0) is 11.0. The van der Waals surface area contributed by atoms with E-state index in [1.807, 2.05) is 28.2 Å². The van der Waals surface area contributed by atoms with Gasteiger partial charge in [-0.25, -0.2) is 0 Å². The molecule has 0 saturated heterocycles. The van der Waals surface area contributed by atoms with Crippen LogP contribution in [-0.4, -0.2) is 37.8 Å².